The molecule has 0 spiro atoms. The molecular weight excluding hydrogens is 360 g/mol. The fourth-order valence-electron chi connectivity index (χ4n) is 3.65. The molecule has 1 heterocycles. The number of carbonyl (C=O) groups excluding carboxylic acids is 1. The number of benzene rings is 2. The number of hydrogen-bond acceptors (Lipinski definition) is 2. The minimum atomic E-state index is 0.262. The van der Waals surface area contributed by atoms with Crippen molar-refractivity contribution >= 4 is 11.9 Å². The minimum absolute atomic E-state index is 0.262. The van der Waals surface area contributed by atoms with E-state index in [4.69, 9.17) is 4.99 Å². The molecule has 2 aromatic rings. The Morgan fingerprint density at radius 3 is 2.66 bits per heavy atom. The van der Waals surface area contributed by atoms with Crippen LogP contribution in [0.15, 0.2) is 47.5 Å². The van der Waals surface area contributed by atoms with E-state index in [1.807, 2.05) is 4.90 Å². The van der Waals surface area contributed by atoms with Crippen molar-refractivity contribution in [2.45, 2.75) is 53.2 Å². The molecule has 0 aromatic heterocycles. The van der Waals surface area contributed by atoms with Gasteiger partial charge in [0.15, 0.2) is 5.96 Å². The third-order valence-corrected chi connectivity index (χ3v) is 5.24. The molecule has 1 saturated heterocycles. The summed E-state index contributed by atoms with van der Waals surface area (Å²) in [5, 5.41) is 6.75. The zero-order chi connectivity index (χ0) is 20.6. The Labute approximate surface area is 174 Å². The summed E-state index contributed by atoms with van der Waals surface area (Å²) in [6.07, 6.45) is 1.66. The third kappa shape index (κ3) is 6.08. The highest BCUT2D eigenvalue weighted by atomic mass is 16.2. The number of nitrogens with zero attached hydrogens (tertiary/aromatic N) is 2. The lowest BCUT2D eigenvalue weighted by molar-refractivity contribution is -0.128. The molecule has 3 rings (SSSR count). The standard InChI is InChI=1S/C24H32N4O/c1-4-25-24(27-16-22-11-10-18(2)13-19(22)3)26-15-20-7-5-8-21(14-20)17-28-12-6-9-23(28)29/h5,7-8,10-11,13-14H,4,6,9,12,15-17H2,1-3H3,(H2,25,26,27). The number of carbonyl (C=O) groups is 1. The maximum atomic E-state index is 11.9. The normalized spacial score (nSPS) is 14.4. The topological polar surface area (TPSA) is 56.7 Å². The SMILES string of the molecule is CCNC(=NCc1cccc(CN2CCCC2=O)c1)NCc1ccc(C)cc1C. The van der Waals surface area contributed by atoms with Crippen LogP contribution >= 0.6 is 0 Å². The molecule has 2 aromatic carbocycles. The fourth-order valence-corrected chi connectivity index (χ4v) is 3.65. The molecule has 1 aliphatic rings. The van der Waals surface area contributed by atoms with E-state index in [2.05, 4.69) is 73.9 Å². The van der Waals surface area contributed by atoms with Gasteiger partial charge in [0.2, 0.25) is 5.91 Å². The average molecular weight is 393 g/mol. The molecule has 1 fully saturated rings. The number of aliphatic imine (C=N–C) groups is 1. The molecular formula is C24H32N4O. The van der Waals surface area contributed by atoms with Crippen molar-refractivity contribution in [2.75, 3.05) is 13.1 Å². The summed E-state index contributed by atoms with van der Waals surface area (Å²) < 4.78 is 0. The Morgan fingerprint density at radius 1 is 1.10 bits per heavy atom. The first-order valence-electron chi connectivity index (χ1n) is 10.5. The van der Waals surface area contributed by atoms with Crippen LogP contribution in [0.3, 0.4) is 0 Å². The molecule has 29 heavy (non-hydrogen) atoms. The lowest BCUT2D eigenvalue weighted by Crippen LogP contribution is -2.36. The van der Waals surface area contributed by atoms with E-state index in [-0.39, 0.29) is 5.91 Å². The number of nitrogens with one attached hydrogen (secondary N) is 2. The van der Waals surface area contributed by atoms with E-state index >= 15 is 0 Å². The molecule has 1 aliphatic heterocycles. The zero-order valence-corrected chi connectivity index (χ0v) is 17.8. The Kier molecular flexibility index (Phi) is 7.28. The number of hydrogen-bond donors (Lipinski definition) is 2. The van der Waals surface area contributed by atoms with Gasteiger partial charge in [-0.15, -0.1) is 0 Å². The summed E-state index contributed by atoms with van der Waals surface area (Å²) in [4.78, 5) is 18.6. The van der Waals surface area contributed by atoms with Gasteiger partial charge >= 0.3 is 0 Å². The highest BCUT2D eigenvalue weighted by molar-refractivity contribution is 5.79. The summed E-state index contributed by atoms with van der Waals surface area (Å²) in [5.41, 5.74) is 6.16. The van der Waals surface area contributed by atoms with Gasteiger partial charge in [-0.05, 0) is 49.4 Å². The van der Waals surface area contributed by atoms with Gasteiger partial charge in [0, 0.05) is 32.6 Å². The van der Waals surface area contributed by atoms with Crippen LogP contribution in [0.4, 0.5) is 0 Å². The van der Waals surface area contributed by atoms with Gasteiger partial charge in [0.05, 0.1) is 6.54 Å². The molecule has 0 radical (unpaired) electrons. The van der Waals surface area contributed by atoms with Crippen LogP contribution < -0.4 is 10.6 Å². The van der Waals surface area contributed by atoms with Crippen molar-refractivity contribution < 1.29 is 4.79 Å². The van der Waals surface area contributed by atoms with Crippen LogP contribution in [0.5, 0.6) is 0 Å². The second-order valence-electron chi connectivity index (χ2n) is 7.72. The van der Waals surface area contributed by atoms with Gasteiger partial charge in [-0.3, -0.25) is 4.79 Å². The molecule has 154 valence electrons. The van der Waals surface area contributed by atoms with Gasteiger partial charge in [-0.2, -0.15) is 0 Å². The number of guanidine groups is 1. The van der Waals surface area contributed by atoms with Gasteiger partial charge in [0.25, 0.3) is 0 Å². The number of aryl methyl sites for hydroxylation is 2. The van der Waals surface area contributed by atoms with E-state index < -0.39 is 0 Å². The average Bonchev–Trinajstić information content (AvgIpc) is 3.10. The van der Waals surface area contributed by atoms with Crippen molar-refractivity contribution in [2.24, 2.45) is 4.99 Å². The molecule has 0 aliphatic carbocycles. The maximum Gasteiger partial charge on any atom is 0.222 e. The first-order chi connectivity index (χ1) is 14.0. The second-order valence-corrected chi connectivity index (χ2v) is 7.72. The molecule has 0 atom stereocenters. The molecule has 1 amide bonds. The summed E-state index contributed by atoms with van der Waals surface area (Å²) in [6, 6.07) is 14.9. The van der Waals surface area contributed by atoms with Crippen LogP contribution in [-0.2, 0) is 24.4 Å². The van der Waals surface area contributed by atoms with Gasteiger partial charge in [0.1, 0.15) is 0 Å². The Hall–Kier alpha value is -2.82. The number of amides is 1. The third-order valence-electron chi connectivity index (χ3n) is 5.24. The molecule has 5 heteroatoms. The molecule has 0 saturated carbocycles. The summed E-state index contributed by atoms with van der Waals surface area (Å²) in [6.45, 7) is 10.1. The first kappa shape index (κ1) is 20.9. The monoisotopic (exact) mass is 392 g/mol. The summed E-state index contributed by atoms with van der Waals surface area (Å²) in [5.74, 6) is 1.08. The Balaban J connectivity index is 1.62. The van der Waals surface area contributed by atoms with E-state index in [1.54, 1.807) is 0 Å². The quantitative estimate of drug-likeness (QED) is 0.558. The van der Waals surface area contributed by atoms with Crippen molar-refractivity contribution in [3.8, 4) is 0 Å². The van der Waals surface area contributed by atoms with Crippen LogP contribution in [0.2, 0.25) is 0 Å². The van der Waals surface area contributed by atoms with E-state index in [0.717, 1.165) is 37.6 Å². The van der Waals surface area contributed by atoms with E-state index in [1.165, 1.54) is 22.3 Å². The van der Waals surface area contributed by atoms with Gasteiger partial charge < -0.3 is 15.5 Å². The van der Waals surface area contributed by atoms with Crippen molar-refractivity contribution in [1.29, 1.82) is 0 Å². The number of rotatable bonds is 7. The number of likely N-dealkylation sites (tertiary alicyclic amines) is 1. The van der Waals surface area contributed by atoms with Crippen LogP contribution in [0.1, 0.15) is 47.6 Å². The maximum absolute atomic E-state index is 11.9. The van der Waals surface area contributed by atoms with Crippen LogP contribution in [0.25, 0.3) is 0 Å². The summed E-state index contributed by atoms with van der Waals surface area (Å²) in [7, 11) is 0. The lowest BCUT2D eigenvalue weighted by Gasteiger charge is -2.16. The van der Waals surface area contributed by atoms with Gasteiger partial charge in [-0.25, -0.2) is 4.99 Å². The van der Waals surface area contributed by atoms with E-state index in [9.17, 15) is 4.79 Å². The van der Waals surface area contributed by atoms with Gasteiger partial charge in [-0.1, -0.05) is 48.0 Å². The first-order valence-corrected chi connectivity index (χ1v) is 10.5. The van der Waals surface area contributed by atoms with E-state index in [0.29, 0.717) is 19.5 Å². The predicted molar refractivity (Wildman–Crippen MR) is 119 cm³/mol. The molecule has 2 N–H and O–H groups in total. The summed E-state index contributed by atoms with van der Waals surface area (Å²) >= 11 is 0. The van der Waals surface area contributed by atoms with Crippen molar-refractivity contribution in [3.63, 3.8) is 0 Å². The van der Waals surface area contributed by atoms with Crippen molar-refractivity contribution in [3.05, 3.63) is 70.3 Å². The zero-order valence-electron chi connectivity index (χ0n) is 17.8. The molecule has 0 bridgehead atoms. The highest BCUT2D eigenvalue weighted by Crippen LogP contribution is 2.15. The molecule has 5 nitrogen and oxygen atoms in total. The van der Waals surface area contributed by atoms with Crippen molar-refractivity contribution in [1.82, 2.24) is 15.5 Å². The Morgan fingerprint density at radius 2 is 1.93 bits per heavy atom. The van der Waals surface area contributed by atoms with Crippen LogP contribution in [0, 0.1) is 13.8 Å². The highest BCUT2D eigenvalue weighted by Gasteiger charge is 2.19. The molecule has 0 unspecified atom stereocenters. The smallest absolute Gasteiger partial charge is 0.222 e. The lowest BCUT2D eigenvalue weighted by atomic mass is 10.1. The predicted octanol–water partition coefficient (Wildman–Crippen LogP) is 3.68. The largest absolute Gasteiger partial charge is 0.357 e. The minimum Gasteiger partial charge on any atom is -0.357 e. The van der Waals surface area contributed by atoms with Crippen LogP contribution in [-0.4, -0.2) is 29.9 Å². The second kappa shape index (κ2) is 10.1. The fraction of sp³-hybridized carbons (Fsp3) is 0.417. The Bertz CT molecular complexity index is 875.